The second kappa shape index (κ2) is 5.46. The Labute approximate surface area is 90.8 Å². The molecule has 0 atom stereocenters. The first-order chi connectivity index (χ1) is 7.15. The lowest BCUT2D eigenvalue weighted by atomic mass is 10.2. The number of methoxy groups -OCH3 is 1. The highest BCUT2D eigenvalue weighted by molar-refractivity contribution is 5.69. The highest BCUT2D eigenvalue weighted by Crippen LogP contribution is 2.22. The van der Waals surface area contributed by atoms with Crippen molar-refractivity contribution in [3.8, 4) is 0 Å². The fraction of sp³-hybridized carbons (Fsp3) is 0.455. The van der Waals surface area contributed by atoms with Crippen LogP contribution in [0.25, 0.3) is 0 Å². The molecule has 4 heteroatoms. The molecule has 1 aromatic rings. The zero-order valence-electron chi connectivity index (χ0n) is 9.36. The monoisotopic (exact) mass is 209 g/mol. The Bertz CT molecular complexity index is 315. The van der Waals surface area contributed by atoms with Crippen LogP contribution in [0.1, 0.15) is 6.42 Å². The molecule has 0 saturated carbocycles. The lowest BCUT2D eigenvalue weighted by Crippen LogP contribution is -2.19. The molecule has 4 N–H and O–H groups in total. The Hall–Kier alpha value is -1.42. The topological polar surface area (TPSA) is 64.5 Å². The molecule has 0 aliphatic carbocycles. The lowest BCUT2D eigenvalue weighted by Gasteiger charge is -2.19. The molecule has 0 spiro atoms. The molecule has 4 nitrogen and oxygen atoms in total. The van der Waals surface area contributed by atoms with E-state index in [1.165, 1.54) is 0 Å². The minimum absolute atomic E-state index is 0.629. The van der Waals surface area contributed by atoms with Gasteiger partial charge in [-0.2, -0.15) is 0 Å². The Morgan fingerprint density at radius 2 is 2.00 bits per heavy atom. The van der Waals surface area contributed by atoms with Gasteiger partial charge in [0.1, 0.15) is 0 Å². The fourth-order valence-corrected chi connectivity index (χ4v) is 1.37. The number of benzene rings is 1. The zero-order valence-corrected chi connectivity index (χ0v) is 9.36. The molecule has 0 fully saturated rings. The molecule has 0 heterocycles. The van der Waals surface area contributed by atoms with E-state index in [-0.39, 0.29) is 0 Å². The van der Waals surface area contributed by atoms with Gasteiger partial charge in [-0.1, -0.05) is 0 Å². The Morgan fingerprint density at radius 1 is 1.27 bits per heavy atom. The minimum atomic E-state index is 0.629. The van der Waals surface area contributed by atoms with Crippen molar-refractivity contribution in [3.05, 3.63) is 18.2 Å². The van der Waals surface area contributed by atoms with Crippen LogP contribution in [-0.4, -0.2) is 27.3 Å². The van der Waals surface area contributed by atoms with Gasteiger partial charge in [0, 0.05) is 33.0 Å². The van der Waals surface area contributed by atoms with E-state index in [1.807, 2.05) is 25.2 Å². The molecule has 0 radical (unpaired) electrons. The zero-order chi connectivity index (χ0) is 11.3. The third kappa shape index (κ3) is 3.32. The first-order valence-electron chi connectivity index (χ1n) is 5.00. The van der Waals surface area contributed by atoms with Gasteiger partial charge in [-0.3, -0.25) is 0 Å². The maximum absolute atomic E-state index is 5.74. The molecular formula is C11H19N3O. The fourth-order valence-electron chi connectivity index (χ4n) is 1.37. The molecule has 0 unspecified atom stereocenters. The van der Waals surface area contributed by atoms with Gasteiger partial charge in [0.25, 0.3) is 0 Å². The summed E-state index contributed by atoms with van der Waals surface area (Å²) in [5.41, 5.74) is 13.7. The molecule has 0 amide bonds. The summed E-state index contributed by atoms with van der Waals surface area (Å²) >= 11 is 0. The smallest absolute Gasteiger partial charge is 0.0568 e. The summed E-state index contributed by atoms with van der Waals surface area (Å²) in [6.07, 6.45) is 0.997. The number of hydrogen-bond acceptors (Lipinski definition) is 4. The van der Waals surface area contributed by atoms with Crippen molar-refractivity contribution in [1.82, 2.24) is 0 Å². The molecule has 0 saturated heterocycles. The number of ether oxygens (including phenoxy) is 1. The van der Waals surface area contributed by atoms with E-state index in [9.17, 15) is 0 Å². The van der Waals surface area contributed by atoms with Crippen molar-refractivity contribution in [2.45, 2.75) is 6.42 Å². The molecule has 0 aliphatic heterocycles. The van der Waals surface area contributed by atoms with Crippen molar-refractivity contribution >= 4 is 17.1 Å². The number of rotatable bonds is 5. The molecular weight excluding hydrogens is 190 g/mol. The van der Waals surface area contributed by atoms with Crippen LogP contribution in [0.4, 0.5) is 17.1 Å². The van der Waals surface area contributed by atoms with Gasteiger partial charge in [-0.05, 0) is 24.6 Å². The average molecular weight is 209 g/mol. The molecule has 84 valence electrons. The second-order valence-electron chi connectivity index (χ2n) is 3.58. The van der Waals surface area contributed by atoms with E-state index >= 15 is 0 Å². The van der Waals surface area contributed by atoms with E-state index in [4.69, 9.17) is 16.2 Å². The van der Waals surface area contributed by atoms with Crippen LogP contribution >= 0.6 is 0 Å². The van der Waals surface area contributed by atoms with Crippen LogP contribution in [0.5, 0.6) is 0 Å². The van der Waals surface area contributed by atoms with Crippen LogP contribution in [0.3, 0.4) is 0 Å². The van der Waals surface area contributed by atoms with Crippen molar-refractivity contribution in [1.29, 1.82) is 0 Å². The molecule has 0 aromatic heterocycles. The lowest BCUT2D eigenvalue weighted by molar-refractivity contribution is 0.196. The number of anilines is 3. The van der Waals surface area contributed by atoms with Crippen molar-refractivity contribution in [2.24, 2.45) is 0 Å². The van der Waals surface area contributed by atoms with Gasteiger partial charge in [0.15, 0.2) is 0 Å². The van der Waals surface area contributed by atoms with Crippen molar-refractivity contribution in [2.75, 3.05) is 43.7 Å². The maximum atomic E-state index is 5.74. The van der Waals surface area contributed by atoms with Gasteiger partial charge < -0.3 is 21.1 Å². The first-order valence-corrected chi connectivity index (χ1v) is 5.00. The average Bonchev–Trinajstić information content (AvgIpc) is 2.22. The number of nitrogens with two attached hydrogens (primary N) is 2. The Morgan fingerprint density at radius 3 is 2.60 bits per heavy atom. The van der Waals surface area contributed by atoms with Crippen molar-refractivity contribution < 1.29 is 4.74 Å². The van der Waals surface area contributed by atoms with E-state index in [0.29, 0.717) is 11.4 Å². The summed E-state index contributed by atoms with van der Waals surface area (Å²) in [4.78, 5) is 2.13. The number of hydrogen-bond donors (Lipinski definition) is 2. The second-order valence-corrected chi connectivity index (χ2v) is 3.58. The molecule has 15 heavy (non-hydrogen) atoms. The summed E-state index contributed by atoms with van der Waals surface area (Å²) in [7, 11) is 3.74. The highest BCUT2D eigenvalue weighted by atomic mass is 16.5. The van der Waals surface area contributed by atoms with Crippen LogP contribution < -0.4 is 16.4 Å². The molecule has 1 aromatic carbocycles. The SMILES string of the molecule is COCCCN(C)c1ccc(N)c(N)c1. The van der Waals surface area contributed by atoms with E-state index in [2.05, 4.69) is 4.90 Å². The normalized spacial score (nSPS) is 10.3. The Kier molecular flexibility index (Phi) is 4.24. The minimum Gasteiger partial charge on any atom is -0.397 e. The number of nitrogens with zero attached hydrogens (tertiary/aromatic N) is 1. The standard InChI is InChI=1S/C11H19N3O/c1-14(6-3-7-15-2)9-4-5-10(12)11(13)8-9/h4-5,8H,3,6-7,12-13H2,1-2H3. The third-order valence-corrected chi connectivity index (χ3v) is 2.35. The molecule has 0 bridgehead atoms. The summed E-state index contributed by atoms with van der Waals surface area (Å²) in [5.74, 6) is 0. The predicted octanol–water partition coefficient (Wildman–Crippen LogP) is 1.32. The molecule has 1 rings (SSSR count). The molecule has 0 aliphatic rings. The van der Waals surface area contributed by atoms with Gasteiger partial charge in [-0.15, -0.1) is 0 Å². The van der Waals surface area contributed by atoms with Gasteiger partial charge >= 0.3 is 0 Å². The maximum Gasteiger partial charge on any atom is 0.0568 e. The largest absolute Gasteiger partial charge is 0.397 e. The van der Waals surface area contributed by atoms with Crippen LogP contribution in [-0.2, 0) is 4.74 Å². The van der Waals surface area contributed by atoms with Crippen LogP contribution in [0.2, 0.25) is 0 Å². The van der Waals surface area contributed by atoms with E-state index in [0.717, 1.165) is 25.3 Å². The van der Waals surface area contributed by atoms with Crippen LogP contribution in [0, 0.1) is 0 Å². The quantitative estimate of drug-likeness (QED) is 0.567. The van der Waals surface area contributed by atoms with E-state index < -0.39 is 0 Å². The first kappa shape index (κ1) is 11.7. The summed E-state index contributed by atoms with van der Waals surface area (Å²) in [5, 5.41) is 0. The van der Waals surface area contributed by atoms with E-state index in [1.54, 1.807) is 7.11 Å². The summed E-state index contributed by atoms with van der Waals surface area (Å²) in [6.45, 7) is 1.71. The van der Waals surface area contributed by atoms with Gasteiger partial charge in [0.2, 0.25) is 0 Å². The van der Waals surface area contributed by atoms with Gasteiger partial charge in [-0.25, -0.2) is 0 Å². The van der Waals surface area contributed by atoms with Crippen molar-refractivity contribution in [3.63, 3.8) is 0 Å². The predicted molar refractivity (Wildman–Crippen MR) is 65.0 cm³/mol. The third-order valence-electron chi connectivity index (χ3n) is 2.35. The summed E-state index contributed by atoms with van der Waals surface area (Å²) < 4.78 is 5.00. The van der Waals surface area contributed by atoms with Gasteiger partial charge in [0.05, 0.1) is 11.4 Å². The summed E-state index contributed by atoms with van der Waals surface area (Å²) in [6, 6.07) is 5.69. The number of nitrogen functional groups attached to an aromatic ring is 2. The highest BCUT2D eigenvalue weighted by Gasteiger charge is 2.02. The Balaban J connectivity index is 2.57. The van der Waals surface area contributed by atoms with Crippen LogP contribution in [0.15, 0.2) is 18.2 Å².